The number of fused-ring (bicyclic) bond motifs is 2. The lowest BCUT2D eigenvalue weighted by atomic mass is 9.75. The van der Waals surface area contributed by atoms with Crippen LogP contribution >= 0.6 is 11.3 Å². The van der Waals surface area contributed by atoms with E-state index in [1.807, 2.05) is 17.9 Å². The molecule has 1 aliphatic heterocycles. The predicted molar refractivity (Wildman–Crippen MR) is 119 cm³/mol. The van der Waals surface area contributed by atoms with Crippen molar-refractivity contribution in [1.29, 1.82) is 0 Å². The van der Waals surface area contributed by atoms with E-state index in [1.165, 1.54) is 9.71 Å². The van der Waals surface area contributed by atoms with Gasteiger partial charge in [0, 0.05) is 36.7 Å². The number of piperidine rings is 1. The number of aromatic nitrogens is 2. The van der Waals surface area contributed by atoms with Crippen LogP contribution in [0.4, 0.5) is 0 Å². The van der Waals surface area contributed by atoms with E-state index in [4.69, 9.17) is 4.98 Å². The third-order valence-electron chi connectivity index (χ3n) is 6.56. The molecule has 5 nitrogen and oxygen atoms in total. The molecule has 30 heavy (non-hydrogen) atoms. The molecule has 3 heterocycles. The fraction of sp³-hybridized carbons (Fsp3) is 0.458. The second-order valence-corrected chi connectivity index (χ2v) is 10.6. The van der Waals surface area contributed by atoms with Crippen LogP contribution in [0.25, 0.3) is 10.2 Å². The lowest BCUT2D eigenvalue weighted by Crippen LogP contribution is -2.38. The largest absolute Gasteiger partial charge is 0.354 e. The van der Waals surface area contributed by atoms with Gasteiger partial charge in [-0.15, -0.1) is 11.3 Å². The number of ketones is 1. The Balaban J connectivity index is 1.32. The lowest BCUT2D eigenvalue weighted by Gasteiger charge is -2.31. The molecule has 0 spiro atoms. The Kier molecular flexibility index (Phi) is 4.58. The van der Waals surface area contributed by atoms with Crippen LogP contribution in [-0.2, 0) is 6.42 Å². The van der Waals surface area contributed by atoms with Crippen molar-refractivity contribution in [2.45, 2.75) is 52.4 Å². The van der Waals surface area contributed by atoms with Crippen molar-refractivity contribution in [2.75, 3.05) is 13.1 Å². The van der Waals surface area contributed by atoms with Gasteiger partial charge in [0.15, 0.2) is 5.78 Å². The molecule has 156 valence electrons. The number of Topliss-reactive ketones (excluding diaryl/α,β-unsaturated/α-hetero) is 1. The molecule has 1 fully saturated rings. The maximum absolute atomic E-state index is 13.3. The van der Waals surface area contributed by atoms with E-state index < -0.39 is 0 Å². The third kappa shape index (κ3) is 3.27. The normalized spacial score (nSPS) is 19.3. The van der Waals surface area contributed by atoms with Crippen LogP contribution in [0.1, 0.15) is 76.1 Å². The number of hydrogen-bond acceptors (Lipinski definition) is 4. The van der Waals surface area contributed by atoms with Crippen LogP contribution in [0.15, 0.2) is 24.3 Å². The number of hydrogen-bond donors (Lipinski definition) is 1. The van der Waals surface area contributed by atoms with Gasteiger partial charge in [0.05, 0.1) is 15.2 Å². The number of nitrogens with zero attached hydrogens (tertiary/aromatic N) is 2. The molecule has 2 aliphatic rings. The van der Waals surface area contributed by atoms with Crippen LogP contribution in [0, 0.1) is 12.3 Å². The van der Waals surface area contributed by atoms with Gasteiger partial charge in [-0.3, -0.25) is 9.59 Å². The van der Waals surface area contributed by atoms with Crippen LogP contribution < -0.4 is 0 Å². The maximum atomic E-state index is 13.3. The highest BCUT2D eigenvalue weighted by atomic mass is 32.1. The molecular formula is C24H27N3O2S. The van der Waals surface area contributed by atoms with Gasteiger partial charge in [0.25, 0.3) is 5.91 Å². The first kappa shape index (κ1) is 19.5. The number of carbonyl (C=O) groups is 2. The summed E-state index contributed by atoms with van der Waals surface area (Å²) in [7, 11) is 0. The minimum Gasteiger partial charge on any atom is -0.354 e. The predicted octanol–water partition coefficient (Wildman–Crippen LogP) is 5.11. The Morgan fingerprint density at radius 3 is 2.67 bits per heavy atom. The molecule has 0 radical (unpaired) electrons. The minimum atomic E-state index is -0.0582. The first-order valence-electron chi connectivity index (χ1n) is 10.7. The first-order chi connectivity index (χ1) is 14.3. The fourth-order valence-electron chi connectivity index (χ4n) is 5.00. The summed E-state index contributed by atoms with van der Waals surface area (Å²) in [6.07, 6.45) is 3.20. The molecule has 1 amide bonds. The molecule has 1 aromatic carbocycles. The minimum absolute atomic E-state index is 0.0234. The highest BCUT2D eigenvalue weighted by Gasteiger charge is 2.36. The van der Waals surface area contributed by atoms with Gasteiger partial charge in [-0.25, -0.2) is 4.98 Å². The summed E-state index contributed by atoms with van der Waals surface area (Å²) < 4.78 is 1.23. The Labute approximate surface area is 180 Å². The number of benzene rings is 1. The fourth-order valence-corrected chi connectivity index (χ4v) is 6.14. The summed E-state index contributed by atoms with van der Waals surface area (Å²) in [5.41, 5.74) is 4.12. The highest BCUT2D eigenvalue weighted by Crippen LogP contribution is 2.38. The van der Waals surface area contributed by atoms with Gasteiger partial charge in [-0.05, 0) is 49.3 Å². The Morgan fingerprint density at radius 2 is 1.93 bits per heavy atom. The van der Waals surface area contributed by atoms with Gasteiger partial charge in [-0.1, -0.05) is 26.0 Å². The third-order valence-corrected chi connectivity index (χ3v) is 7.76. The second-order valence-electron chi connectivity index (χ2n) is 9.51. The monoisotopic (exact) mass is 421 g/mol. The summed E-state index contributed by atoms with van der Waals surface area (Å²) in [4.78, 5) is 36.0. The highest BCUT2D eigenvalue weighted by molar-refractivity contribution is 7.18. The van der Waals surface area contributed by atoms with Gasteiger partial charge in [0.2, 0.25) is 0 Å². The molecule has 2 aromatic heterocycles. The number of para-hydroxylation sites is 1. The van der Waals surface area contributed by atoms with Crippen molar-refractivity contribution < 1.29 is 9.59 Å². The van der Waals surface area contributed by atoms with E-state index in [-0.39, 0.29) is 17.1 Å². The molecular weight excluding hydrogens is 394 g/mol. The first-order valence-corrected chi connectivity index (χ1v) is 11.5. The quantitative estimate of drug-likeness (QED) is 0.625. The second kappa shape index (κ2) is 7.05. The van der Waals surface area contributed by atoms with Gasteiger partial charge >= 0.3 is 0 Å². The lowest BCUT2D eigenvalue weighted by molar-refractivity contribution is 0.0706. The number of amides is 1. The average Bonchev–Trinajstić information content (AvgIpc) is 3.28. The van der Waals surface area contributed by atoms with Crippen molar-refractivity contribution in [3.63, 3.8) is 0 Å². The van der Waals surface area contributed by atoms with Crippen LogP contribution in [-0.4, -0.2) is 39.6 Å². The average molecular weight is 422 g/mol. The zero-order chi connectivity index (χ0) is 21.0. The molecule has 1 N–H and O–H groups in total. The molecule has 1 aliphatic carbocycles. The zero-order valence-electron chi connectivity index (χ0n) is 17.7. The summed E-state index contributed by atoms with van der Waals surface area (Å²) in [5.74, 6) is 0.589. The molecule has 0 atom stereocenters. The summed E-state index contributed by atoms with van der Waals surface area (Å²) in [6.45, 7) is 7.58. The van der Waals surface area contributed by atoms with Crippen molar-refractivity contribution in [1.82, 2.24) is 14.9 Å². The van der Waals surface area contributed by atoms with Crippen LogP contribution in [0.5, 0.6) is 0 Å². The smallest absolute Gasteiger partial charge is 0.270 e. The number of carbonyl (C=O) groups excluding carboxylic acids is 2. The summed E-state index contributed by atoms with van der Waals surface area (Å²) >= 11 is 1.77. The van der Waals surface area contributed by atoms with Crippen LogP contribution in [0.3, 0.4) is 0 Å². The SMILES string of the molecule is Cc1c(C(=O)N2CCC(c3nc4ccccc4s3)CC2)[nH]c2c1C(=O)CC(C)(C)C2. The molecule has 0 saturated carbocycles. The molecule has 6 heteroatoms. The Morgan fingerprint density at radius 1 is 1.20 bits per heavy atom. The van der Waals surface area contributed by atoms with E-state index in [1.54, 1.807) is 11.3 Å². The van der Waals surface area contributed by atoms with Gasteiger partial charge < -0.3 is 9.88 Å². The Hall–Kier alpha value is -2.47. The topological polar surface area (TPSA) is 66.1 Å². The number of nitrogens with one attached hydrogen (secondary N) is 1. The van der Waals surface area contributed by atoms with Crippen molar-refractivity contribution in [2.24, 2.45) is 5.41 Å². The molecule has 1 saturated heterocycles. The van der Waals surface area contributed by atoms with Gasteiger partial charge in [-0.2, -0.15) is 0 Å². The van der Waals surface area contributed by atoms with Crippen molar-refractivity contribution >= 4 is 33.2 Å². The van der Waals surface area contributed by atoms with E-state index in [0.717, 1.165) is 54.7 Å². The number of likely N-dealkylation sites (tertiary alicyclic amines) is 1. The van der Waals surface area contributed by atoms with Crippen LogP contribution in [0.2, 0.25) is 0 Å². The molecule has 0 unspecified atom stereocenters. The standard InChI is InChI=1S/C24H27N3O2S/c1-14-20-17(12-24(2,3)13-18(20)28)25-21(14)23(29)27-10-8-15(9-11-27)22-26-16-6-4-5-7-19(16)30-22/h4-7,15,25H,8-13H2,1-3H3. The van der Waals surface area contributed by atoms with E-state index >= 15 is 0 Å². The number of rotatable bonds is 2. The van der Waals surface area contributed by atoms with E-state index in [2.05, 4.69) is 37.0 Å². The number of H-pyrrole nitrogens is 1. The van der Waals surface area contributed by atoms with Gasteiger partial charge in [0.1, 0.15) is 5.69 Å². The number of aromatic amines is 1. The molecule has 3 aromatic rings. The summed E-state index contributed by atoms with van der Waals surface area (Å²) in [6, 6.07) is 8.26. The van der Waals surface area contributed by atoms with E-state index in [0.29, 0.717) is 18.0 Å². The van der Waals surface area contributed by atoms with Crippen molar-refractivity contribution in [3.8, 4) is 0 Å². The summed E-state index contributed by atoms with van der Waals surface area (Å²) in [5, 5.41) is 1.18. The van der Waals surface area contributed by atoms with Crippen molar-refractivity contribution in [3.05, 3.63) is 51.8 Å². The zero-order valence-corrected chi connectivity index (χ0v) is 18.6. The number of thiazole rings is 1. The van der Waals surface area contributed by atoms with E-state index in [9.17, 15) is 9.59 Å². The maximum Gasteiger partial charge on any atom is 0.270 e. The Bertz CT molecular complexity index is 1120. The molecule has 5 rings (SSSR count). The molecule has 0 bridgehead atoms.